The van der Waals surface area contributed by atoms with Crippen LogP contribution in [0.1, 0.15) is 27.7 Å². The number of methoxy groups -OCH3 is 1. The van der Waals surface area contributed by atoms with Gasteiger partial charge >= 0.3 is 5.92 Å². The van der Waals surface area contributed by atoms with Gasteiger partial charge in [-0.15, -0.1) is 11.3 Å². The SMILES string of the molecule is COc1cc(C)c(Cc2cc3ccccc3s2)cc1[C@@H]1O[C@H](CO)C(F)(F)[C@H](O)[C@H]1O. The second kappa shape index (κ2) is 8.44. The van der Waals surface area contributed by atoms with E-state index in [2.05, 4.69) is 12.1 Å². The van der Waals surface area contributed by atoms with Crippen molar-refractivity contribution < 1.29 is 33.6 Å². The fourth-order valence-electron chi connectivity index (χ4n) is 4.00. The third-order valence-corrected chi connectivity index (χ3v) is 6.89. The number of benzene rings is 2. The zero-order valence-electron chi connectivity index (χ0n) is 17.1. The third kappa shape index (κ3) is 3.94. The van der Waals surface area contributed by atoms with E-state index in [1.54, 1.807) is 23.5 Å². The molecular formula is C23H24F2O5S. The molecule has 1 aromatic heterocycles. The van der Waals surface area contributed by atoms with Gasteiger partial charge in [0.15, 0.2) is 0 Å². The van der Waals surface area contributed by atoms with E-state index in [-0.39, 0.29) is 0 Å². The number of alkyl halides is 2. The first-order valence-electron chi connectivity index (χ1n) is 9.91. The van der Waals surface area contributed by atoms with Crippen LogP contribution in [0.3, 0.4) is 0 Å². The predicted octanol–water partition coefficient (Wildman–Crippen LogP) is 3.60. The highest BCUT2D eigenvalue weighted by molar-refractivity contribution is 7.19. The largest absolute Gasteiger partial charge is 0.496 e. The van der Waals surface area contributed by atoms with E-state index in [0.29, 0.717) is 17.7 Å². The highest BCUT2D eigenvalue weighted by atomic mass is 32.1. The Morgan fingerprint density at radius 2 is 1.90 bits per heavy atom. The summed E-state index contributed by atoms with van der Waals surface area (Å²) in [5.74, 6) is -3.42. The minimum atomic E-state index is -3.78. The Kier molecular flexibility index (Phi) is 6.02. The maximum Gasteiger partial charge on any atom is 0.303 e. The number of aliphatic hydroxyl groups is 3. The number of rotatable bonds is 5. The molecule has 0 bridgehead atoms. The van der Waals surface area contributed by atoms with Crippen molar-refractivity contribution in [3.05, 3.63) is 64.0 Å². The molecule has 1 aliphatic rings. The Morgan fingerprint density at radius 3 is 2.58 bits per heavy atom. The van der Waals surface area contributed by atoms with Crippen LogP contribution in [0.15, 0.2) is 42.5 Å². The smallest absolute Gasteiger partial charge is 0.303 e. The summed E-state index contributed by atoms with van der Waals surface area (Å²) in [7, 11) is 1.44. The lowest BCUT2D eigenvalue weighted by Crippen LogP contribution is -2.59. The molecular weight excluding hydrogens is 426 g/mol. The molecule has 1 saturated heterocycles. The van der Waals surface area contributed by atoms with Gasteiger partial charge in [0.1, 0.15) is 30.2 Å². The molecule has 31 heavy (non-hydrogen) atoms. The number of aliphatic hydroxyl groups excluding tert-OH is 3. The number of fused-ring (bicyclic) bond motifs is 1. The molecule has 2 aromatic carbocycles. The number of ether oxygens (including phenoxy) is 2. The molecule has 0 amide bonds. The van der Waals surface area contributed by atoms with Gasteiger partial charge in [-0.25, -0.2) is 8.78 Å². The maximum absolute atomic E-state index is 14.2. The first-order valence-corrected chi connectivity index (χ1v) is 10.7. The van der Waals surface area contributed by atoms with E-state index in [0.717, 1.165) is 21.4 Å². The normalized spacial score (nSPS) is 25.6. The molecule has 0 saturated carbocycles. The van der Waals surface area contributed by atoms with Crippen LogP contribution in [0.5, 0.6) is 5.75 Å². The minimum absolute atomic E-state index is 0.352. The Morgan fingerprint density at radius 1 is 1.16 bits per heavy atom. The van der Waals surface area contributed by atoms with E-state index in [1.807, 2.05) is 25.1 Å². The standard InChI is InChI=1S/C23H24F2O5S/c1-12-7-17(29-2)16(21-20(27)22(28)23(24,25)19(11-26)30-21)10-14(12)9-15-8-13-5-3-4-6-18(13)31-15/h3-8,10,19-22,26-28H,9,11H2,1-2H3/t19-,20+,21+,22-/m1/s1. The summed E-state index contributed by atoms with van der Waals surface area (Å²) in [4.78, 5) is 1.13. The zero-order valence-corrected chi connectivity index (χ0v) is 17.9. The number of hydrogen-bond acceptors (Lipinski definition) is 6. The van der Waals surface area contributed by atoms with Crippen LogP contribution in [0.4, 0.5) is 8.78 Å². The summed E-state index contributed by atoms with van der Waals surface area (Å²) >= 11 is 1.67. The molecule has 1 fully saturated rings. The maximum atomic E-state index is 14.2. The molecule has 166 valence electrons. The highest BCUT2D eigenvalue weighted by Crippen LogP contribution is 2.44. The molecule has 0 radical (unpaired) electrons. The van der Waals surface area contributed by atoms with Crippen molar-refractivity contribution in [2.24, 2.45) is 0 Å². The average Bonchev–Trinajstić information content (AvgIpc) is 3.16. The van der Waals surface area contributed by atoms with Crippen LogP contribution in [0, 0.1) is 6.92 Å². The molecule has 1 aliphatic heterocycles. The second-order valence-electron chi connectivity index (χ2n) is 7.79. The van der Waals surface area contributed by atoms with Crippen molar-refractivity contribution in [1.29, 1.82) is 0 Å². The Labute approximate surface area is 182 Å². The van der Waals surface area contributed by atoms with Gasteiger partial charge < -0.3 is 24.8 Å². The van der Waals surface area contributed by atoms with Crippen molar-refractivity contribution in [2.45, 2.75) is 43.7 Å². The van der Waals surface area contributed by atoms with E-state index >= 15 is 0 Å². The zero-order chi connectivity index (χ0) is 22.3. The minimum Gasteiger partial charge on any atom is -0.496 e. The Balaban J connectivity index is 1.72. The highest BCUT2D eigenvalue weighted by Gasteiger charge is 2.57. The molecule has 5 nitrogen and oxygen atoms in total. The molecule has 0 spiro atoms. The molecule has 4 atom stereocenters. The summed E-state index contributed by atoms with van der Waals surface area (Å²) < 4.78 is 40.3. The molecule has 3 N–H and O–H groups in total. The number of halogens is 2. The lowest BCUT2D eigenvalue weighted by atomic mass is 9.88. The van der Waals surface area contributed by atoms with E-state index < -0.39 is 36.9 Å². The van der Waals surface area contributed by atoms with E-state index in [9.17, 15) is 24.1 Å². The number of thiophene rings is 1. The van der Waals surface area contributed by atoms with Gasteiger partial charge in [-0.05, 0) is 47.7 Å². The van der Waals surface area contributed by atoms with E-state index in [1.165, 1.54) is 11.8 Å². The van der Waals surface area contributed by atoms with Crippen LogP contribution < -0.4 is 4.74 Å². The van der Waals surface area contributed by atoms with Gasteiger partial charge in [-0.3, -0.25) is 0 Å². The van der Waals surface area contributed by atoms with Crippen molar-refractivity contribution in [3.63, 3.8) is 0 Å². The van der Waals surface area contributed by atoms with E-state index in [4.69, 9.17) is 9.47 Å². The molecule has 0 unspecified atom stereocenters. The summed E-state index contributed by atoms with van der Waals surface area (Å²) in [6.07, 6.45) is -6.86. The molecule has 8 heteroatoms. The Hall–Kier alpha value is -2.10. The summed E-state index contributed by atoms with van der Waals surface area (Å²) in [5.41, 5.74) is 2.21. The summed E-state index contributed by atoms with van der Waals surface area (Å²) in [6, 6.07) is 13.7. The average molecular weight is 451 g/mol. The monoisotopic (exact) mass is 450 g/mol. The van der Waals surface area contributed by atoms with Gasteiger partial charge in [-0.2, -0.15) is 0 Å². The number of aryl methyl sites for hydroxylation is 1. The van der Waals surface area contributed by atoms with Crippen LogP contribution in [0.25, 0.3) is 10.1 Å². The second-order valence-corrected chi connectivity index (χ2v) is 8.95. The van der Waals surface area contributed by atoms with Crippen molar-refractivity contribution >= 4 is 21.4 Å². The van der Waals surface area contributed by atoms with Crippen LogP contribution in [-0.2, 0) is 11.2 Å². The fourth-order valence-corrected chi connectivity index (χ4v) is 5.09. The van der Waals surface area contributed by atoms with Gasteiger partial charge in [0.05, 0.1) is 13.7 Å². The lowest BCUT2D eigenvalue weighted by Gasteiger charge is -2.42. The van der Waals surface area contributed by atoms with Crippen LogP contribution in [0.2, 0.25) is 0 Å². The quantitative estimate of drug-likeness (QED) is 0.554. The summed E-state index contributed by atoms with van der Waals surface area (Å²) in [6.45, 7) is 0.933. The summed E-state index contributed by atoms with van der Waals surface area (Å²) in [5, 5.41) is 30.9. The third-order valence-electron chi connectivity index (χ3n) is 5.77. The Bertz CT molecular complexity index is 1050. The first kappa shape index (κ1) is 22.1. The van der Waals surface area contributed by atoms with Gasteiger partial charge in [0.2, 0.25) is 0 Å². The van der Waals surface area contributed by atoms with Gasteiger partial charge in [0, 0.05) is 21.6 Å². The van der Waals surface area contributed by atoms with Gasteiger partial charge in [-0.1, -0.05) is 18.2 Å². The molecule has 3 aromatic rings. The topological polar surface area (TPSA) is 79.2 Å². The van der Waals surface area contributed by atoms with Crippen molar-refractivity contribution in [3.8, 4) is 5.75 Å². The van der Waals surface area contributed by atoms with Gasteiger partial charge in [0.25, 0.3) is 0 Å². The molecule has 2 heterocycles. The van der Waals surface area contributed by atoms with Crippen molar-refractivity contribution in [1.82, 2.24) is 0 Å². The predicted molar refractivity (Wildman–Crippen MR) is 114 cm³/mol. The number of hydrogen-bond donors (Lipinski definition) is 3. The molecule has 4 rings (SSSR count). The first-order chi connectivity index (χ1) is 14.8. The van der Waals surface area contributed by atoms with Crippen molar-refractivity contribution in [2.75, 3.05) is 13.7 Å². The molecule has 0 aliphatic carbocycles. The van der Waals surface area contributed by atoms with Crippen LogP contribution >= 0.6 is 11.3 Å². The fraction of sp³-hybridized carbons (Fsp3) is 0.391. The van der Waals surface area contributed by atoms with Crippen LogP contribution in [-0.4, -0.2) is 53.3 Å². The lowest BCUT2D eigenvalue weighted by molar-refractivity contribution is -0.296.